The van der Waals surface area contributed by atoms with Gasteiger partial charge in [0.15, 0.2) is 10.6 Å². The molecule has 7 heteroatoms. The van der Waals surface area contributed by atoms with Crippen molar-refractivity contribution in [3.63, 3.8) is 0 Å². The van der Waals surface area contributed by atoms with Crippen LogP contribution >= 0.6 is 12.2 Å². The Hall–Kier alpha value is -3.71. The van der Waals surface area contributed by atoms with Crippen LogP contribution in [0.25, 0.3) is 33.2 Å². The van der Waals surface area contributed by atoms with E-state index < -0.39 is 0 Å². The lowest BCUT2D eigenvalue weighted by Crippen LogP contribution is -2.19. The van der Waals surface area contributed by atoms with Crippen molar-refractivity contribution in [2.75, 3.05) is 5.32 Å². The molecule has 6 nitrogen and oxygen atoms in total. The van der Waals surface area contributed by atoms with Crippen molar-refractivity contribution in [2.45, 2.75) is 26.9 Å². The molecule has 0 radical (unpaired) electrons. The monoisotopic (exact) mass is 441 g/mol. The summed E-state index contributed by atoms with van der Waals surface area (Å²) in [6.07, 6.45) is 0. The standard InChI is InChI=1S/C25H23N5OS/c1-3-29-21-7-5-4-6-19(21)20-14-18(12-13-22(20)29)26-23(31)15-30-24(27-28-25(30)32)17-10-8-16(2)9-11-17/h4-14H,3,15H2,1-2H3,(H,26,31)(H,28,32). The van der Waals surface area contributed by atoms with Crippen molar-refractivity contribution < 1.29 is 4.79 Å². The predicted molar refractivity (Wildman–Crippen MR) is 131 cm³/mol. The molecule has 1 amide bonds. The number of rotatable bonds is 5. The number of aromatic nitrogens is 4. The van der Waals surface area contributed by atoms with Crippen LogP contribution in [0, 0.1) is 11.7 Å². The Morgan fingerprint density at radius 3 is 2.53 bits per heavy atom. The van der Waals surface area contributed by atoms with Crippen molar-refractivity contribution in [1.29, 1.82) is 0 Å². The van der Waals surface area contributed by atoms with Crippen LogP contribution in [0.2, 0.25) is 0 Å². The molecule has 5 rings (SSSR count). The van der Waals surface area contributed by atoms with Gasteiger partial charge in [0.25, 0.3) is 0 Å². The molecular formula is C25H23N5OS. The molecule has 3 aromatic carbocycles. The highest BCUT2D eigenvalue weighted by Gasteiger charge is 2.14. The molecule has 0 bridgehead atoms. The fourth-order valence-electron chi connectivity index (χ4n) is 4.20. The van der Waals surface area contributed by atoms with Gasteiger partial charge in [-0.25, -0.2) is 0 Å². The fourth-order valence-corrected chi connectivity index (χ4v) is 4.40. The van der Waals surface area contributed by atoms with Gasteiger partial charge in [-0.05, 0) is 50.3 Å². The number of H-pyrrole nitrogens is 1. The average molecular weight is 442 g/mol. The molecule has 0 aliphatic carbocycles. The zero-order chi connectivity index (χ0) is 22.2. The Balaban J connectivity index is 1.44. The summed E-state index contributed by atoms with van der Waals surface area (Å²) >= 11 is 5.38. The zero-order valence-corrected chi connectivity index (χ0v) is 18.7. The summed E-state index contributed by atoms with van der Waals surface area (Å²) < 4.78 is 4.42. The number of fused-ring (bicyclic) bond motifs is 3. The van der Waals surface area contributed by atoms with E-state index in [0.717, 1.165) is 34.3 Å². The van der Waals surface area contributed by atoms with E-state index in [-0.39, 0.29) is 12.5 Å². The minimum atomic E-state index is -0.158. The lowest BCUT2D eigenvalue weighted by molar-refractivity contribution is -0.116. The van der Waals surface area contributed by atoms with Crippen molar-refractivity contribution in [3.05, 3.63) is 77.1 Å². The van der Waals surface area contributed by atoms with Gasteiger partial charge in [-0.1, -0.05) is 48.0 Å². The third kappa shape index (κ3) is 3.50. The number of nitrogens with one attached hydrogen (secondary N) is 2. The van der Waals surface area contributed by atoms with Crippen LogP contribution in [0.4, 0.5) is 5.69 Å². The minimum Gasteiger partial charge on any atom is -0.341 e. The molecule has 0 saturated carbocycles. The summed E-state index contributed by atoms with van der Waals surface area (Å²) in [6, 6.07) is 22.4. The smallest absolute Gasteiger partial charge is 0.244 e. The number of aryl methyl sites for hydroxylation is 2. The molecule has 0 unspecified atom stereocenters. The van der Waals surface area contributed by atoms with E-state index in [0.29, 0.717) is 10.6 Å². The molecule has 0 aliphatic heterocycles. The number of benzene rings is 3. The van der Waals surface area contributed by atoms with Crippen LogP contribution in [0.1, 0.15) is 12.5 Å². The maximum absolute atomic E-state index is 12.9. The number of hydrogen-bond donors (Lipinski definition) is 2. The number of carbonyl (C=O) groups excluding carboxylic acids is 1. The van der Waals surface area contributed by atoms with E-state index in [1.165, 1.54) is 10.9 Å². The van der Waals surface area contributed by atoms with Crippen molar-refractivity contribution in [3.8, 4) is 11.4 Å². The third-order valence-corrected chi connectivity index (χ3v) is 6.05. The Morgan fingerprint density at radius 2 is 1.75 bits per heavy atom. The highest BCUT2D eigenvalue weighted by Crippen LogP contribution is 2.31. The van der Waals surface area contributed by atoms with E-state index in [1.54, 1.807) is 4.57 Å². The number of hydrogen-bond acceptors (Lipinski definition) is 3. The maximum atomic E-state index is 12.9. The van der Waals surface area contributed by atoms with E-state index in [2.05, 4.69) is 51.3 Å². The number of carbonyl (C=O) groups is 1. The molecule has 0 spiro atoms. The normalized spacial score (nSPS) is 11.3. The first-order valence-corrected chi connectivity index (χ1v) is 11.0. The SMILES string of the molecule is CCn1c2ccccc2c2cc(NC(=O)Cn3c(-c4ccc(C)cc4)n[nH]c3=S)ccc21. The second-order valence-corrected chi connectivity index (χ2v) is 8.23. The zero-order valence-electron chi connectivity index (χ0n) is 17.9. The first-order valence-electron chi connectivity index (χ1n) is 10.6. The summed E-state index contributed by atoms with van der Waals surface area (Å²) in [6.45, 7) is 5.13. The first-order chi connectivity index (χ1) is 15.5. The largest absolute Gasteiger partial charge is 0.341 e. The van der Waals surface area contributed by atoms with Gasteiger partial charge in [-0.15, -0.1) is 0 Å². The molecule has 0 saturated heterocycles. The van der Waals surface area contributed by atoms with Gasteiger partial charge in [0, 0.05) is 39.6 Å². The molecule has 2 heterocycles. The second-order valence-electron chi connectivity index (χ2n) is 7.85. The summed E-state index contributed by atoms with van der Waals surface area (Å²) in [5.41, 5.74) is 5.18. The highest BCUT2D eigenvalue weighted by molar-refractivity contribution is 7.71. The molecule has 5 aromatic rings. The molecule has 2 aromatic heterocycles. The van der Waals surface area contributed by atoms with Gasteiger partial charge < -0.3 is 9.88 Å². The van der Waals surface area contributed by atoms with Gasteiger partial charge in [0.2, 0.25) is 5.91 Å². The van der Waals surface area contributed by atoms with Gasteiger partial charge >= 0.3 is 0 Å². The van der Waals surface area contributed by atoms with E-state index >= 15 is 0 Å². The van der Waals surface area contributed by atoms with Gasteiger partial charge in [-0.2, -0.15) is 5.10 Å². The Labute approximate surface area is 190 Å². The van der Waals surface area contributed by atoms with Crippen LogP contribution in [0.5, 0.6) is 0 Å². The predicted octanol–water partition coefficient (Wildman–Crippen LogP) is 5.68. The lowest BCUT2D eigenvalue weighted by Gasteiger charge is -2.09. The number of amides is 1. The summed E-state index contributed by atoms with van der Waals surface area (Å²) in [5, 5.41) is 12.5. The third-order valence-electron chi connectivity index (χ3n) is 5.74. The van der Waals surface area contributed by atoms with Crippen LogP contribution in [-0.2, 0) is 17.9 Å². The molecule has 32 heavy (non-hydrogen) atoms. The van der Waals surface area contributed by atoms with Gasteiger partial charge in [0.1, 0.15) is 6.54 Å². The number of aromatic amines is 1. The number of anilines is 1. The number of para-hydroxylation sites is 1. The summed E-state index contributed by atoms with van der Waals surface area (Å²) in [5.74, 6) is 0.487. The van der Waals surface area contributed by atoms with Gasteiger partial charge in [-0.3, -0.25) is 14.5 Å². The molecule has 0 atom stereocenters. The van der Waals surface area contributed by atoms with E-state index in [1.807, 2.05) is 49.4 Å². The Kier molecular flexibility index (Phi) is 5.11. The van der Waals surface area contributed by atoms with E-state index in [4.69, 9.17) is 12.2 Å². The molecule has 0 fully saturated rings. The molecule has 2 N–H and O–H groups in total. The average Bonchev–Trinajstić information content (AvgIpc) is 3.31. The topological polar surface area (TPSA) is 67.6 Å². The first kappa shape index (κ1) is 20.2. The Bertz CT molecular complexity index is 1510. The maximum Gasteiger partial charge on any atom is 0.244 e. The fraction of sp³-hybridized carbons (Fsp3) is 0.160. The highest BCUT2D eigenvalue weighted by atomic mass is 32.1. The van der Waals surface area contributed by atoms with E-state index in [9.17, 15) is 4.79 Å². The van der Waals surface area contributed by atoms with Crippen molar-refractivity contribution >= 4 is 45.6 Å². The molecular weight excluding hydrogens is 418 g/mol. The summed E-state index contributed by atoms with van der Waals surface area (Å²) in [4.78, 5) is 12.9. The van der Waals surface area contributed by atoms with Crippen molar-refractivity contribution in [2.24, 2.45) is 0 Å². The van der Waals surface area contributed by atoms with Crippen LogP contribution in [0.15, 0.2) is 66.7 Å². The minimum absolute atomic E-state index is 0.0767. The molecule has 160 valence electrons. The van der Waals surface area contributed by atoms with Crippen LogP contribution < -0.4 is 5.32 Å². The lowest BCUT2D eigenvalue weighted by atomic mass is 10.1. The quantitative estimate of drug-likeness (QED) is 0.345. The van der Waals surface area contributed by atoms with Crippen LogP contribution in [0.3, 0.4) is 0 Å². The van der Waals surface area contributed by atoms with Crippen molar-refractivity contribution in [1.82, 2.24) is 19.3 Å². The Morgan fingerprint density at radius 1 is 1.00 bits per heavy atom. The number of nitrogens with zero attached hydrogens (tertiary/aromatic N) is 3. The molecule has 0 aliphatic rings. The van der Waals surface area contributed by atoms with Crippen LogP contribution in [-0.4, -0.2) is 25.2 Å². The van der Waals surface area contributed by atoms with Gasteiger partial charge in [0.05, 0.1) is 0 Å². The second kappa shape index (κ2) is 8.09. The summed E-state index contributed by atoms with van der Waals surface area (Å²) in [7, 11) is 0.